The van der Waals surface area contributed by atoms with Crippen molar-refractivity contribution < 1.29 is 48.6 Å². The van der Waals surface area contributed by atoms with Crippen molar-refractivity contribution in [3.8, 4) is 11.5 Å². The molecular formula is C51H66N6O10. The number of rotatable bonds is 14. The molecule has 0 saturated carbocycles. The SMILES string of the molecule is Cc1cc(C)cc(COc2ccc(C(=O)NC3(CC(=O)NO)CCN(C(=O)OC(C)(C)C)CC3)cc2)c1.Cc1cc(C)cc(COc2ccc(C(=O)NC3(CC(=O)NO)CCNCC3)cc2)c1. The summed E-state index contributed by atoms with van der Waals surface area (Å²) < 4.78 is 17.2. The van der Waals surface area contributed by atoms with E-state index < -0.39 is 34.6 Å². The summed E-state index contributed by atoms with van der Waals surface area (Å²) in [5, 5.41) is 27.2. The molecule has 67 heavy (non-hydrogen) atoms. The van der Waals surface area contributed by atoms with Crippen molar-refractivity contribution in [3.05, 3.63) is 129 Å². The van der Waals surface area contributed by atoms with E-state index in [9.17, 15) is 24.0 Å². The molecule has 360 valence electrons. The fourth-order valence-electron chi connectivity index (χ4n) is 8.40. The molecule has 0 unspecified atom stereocenters. The summed E-state index contributed by atoms with van der Waals surface area (Å²) in [7, 11) is 0. The fraction of sp³-hybridized carbons (Fsp3) is 0.431. The van der Waals surface area contributed by atoms with Gasteiger partial charge in [-0.2, -0.15) is 0 Å². The highest BCUT2D eigenvalue weighted by atomic mass is 16.6. The number of hydrogen-bond donors (Lipinski definition) is 7. The third-order valence-corrected chi connectivity index (χ3v) is 11.5. The molecule has 0 atom stereocenters. The number of nitrogens with zero attached hydrogens (tertiary/aromatic N) is 1. The summed E-state index contributed by atoms with van der Waals surface area (Å²) in [5.74, 6) is -0.396. The zero-order valence-corrected chi connectivity index (χ0v) is 39.7. The molecule has 2 heterocycles. The van der Waals surface area contributed by atoms with Crippen molar-refractivity contribution in [2.45, 2.75) is 117 Å². The number of benzene rings is 4. The number of nitrogens with one attached hydrogen (secondary N) is 5. The van der Waals surface area contributed by atoms with Crippen LogP contribution in [0.15, 0.2) is 84.9 Å². The van der Waals surface area contributed by atoms with Gasteiger partial charge >= 0.3 is 6.09 Å². The number of carbonyl (C=O) groups is 5. The summed E-state index contributed by atoms with van der Waals surface area (Å²) in [6.07, 6.45) is 1.38. The molecule has 0 radical (unpaired) electrons. The van der Waals surface area contributed by atoms with Crippen LogP contribution >= 0.6 is 0 Å². The minimum Gasteiger partial charge on any atom is -0.489 e. The molecule has 2 aliphatic rings. The maximum atomic E-state index is 13.1. The number of hydrogen-bond acceptors (Lipinski definition) is 11. The number of carbonyl (C=O) groups excluding carboxylic acids is 5. The summed E-state index contributed by atoms with van der Waals surface area (Å²) in [5.41, 5.74) is 8.92. The van der Waals surface area contributed by atoms with Gasteiger partial charge in [-0.25, -0.2) is 15.8 Å². The Hall–Kier alpha value is -6.49. The van der Waals surface area contributed by atoms with Crippen LogP contribution in [0.5, 0.6) is 11.5 Å². The Morgan fingerprint density at radius 1 is 0.597 bits per heavy atom. The largest absolute Gasteiger partial charge is 0.489 e. The quantitative estimate of drug-likeness (QED) is 0.0510. The van der Waals surface area contributed by atoms with E-state index in [2.05, 4.69) is 66.2 Å². The molecule has 2 aliphatic heterocycles. The van der Waals surface area contributed by atoms with Gasteiger partial charge in [-0.05, 0) is 147 Å². The lowest BCUT2D eigenvalue weighted by atomic mass is 9.83. The van der Waals surface area contributed by atoms with Crippen LogP contribution in [0, 0.1) is 27.7 Å². The van der Waals surface area contributed by atoms with Crippen molar-refractivity contribution in [1.82, 2.24) is 31.8 Å². The molecule has 0 aromatic heterocycles. The van der Waals surface area contributed by atoms with Gasteiger partial charge in [0.1, 0.15) is 30.3 Å². The summed E-state index contributed by atoms with van der Waals surface area (Å²) in [6.45, 7) is 16.5. The molecule has 7 N–H and O–H groups in total. The number of ether oxygens (including phenoxy) is 3. The van der Waals surface area contributed by atoms with Gasteiger partial charge in [-0.1, -0.05) is 58.7 Å². The molecule has 6 rings (SSSR count). The van der Waals surface area contributed by atoms with Crippen LogP contribution in [0.4, 0.5) is 4.79 Å². The zero-order chi connectivity index (χ0) is 48.8. The lowest BCUT2D eigenvalue weighted by Crippen LogP contribution is -2.58. The topological polar surface area (TPSA) is 217 Å². The van der Waals surface area contributed by atoms with Crippen LogP contribution in [0.2, 0.25) is 0 Å². The van der Waals surface area contributed by atoms with Gasteiger partial charge in [0.25, 0.3) is 11.8 Å². The first-order chi connectivity index (χ1) is 31.8. The first-order valence-corrected chi connectivity index (χ1v) is 22.6. The molecule has 4 aromatic rings. The zero-order valence-electron chi connectivity index (χ0n) is 39.7. The average molecular weight is 923 g/mol. The first-order valence-electron chi connectivity index (χ1n) is 22.6. The molecule has 16 heteroatoms. The maximum absolute atomic E-state index is 13.1. The summed E-state index contributed by atoms with van der Waals surface area (Å²) >= 11 is 0. The molecule has 0 aliphatic carbocycles. The van der Waals surface area contributed by atoms with E-state index in [1.54, 1.807) is 85.2 Å². The van der Waals surface area contributed by atoms with E-state index >= 15 is 0 Å². The lowest BCUT2D eigenvalue weighted by Gasteiger charge is -2.42. The second-order valence-corrected chi connectivity index (χ2v) is 18.7. The molecule has 2 saturated heterocycles. The van der Waals surface area contributed by atoms with E-state index in [-0.39, 0.29) is 24.7 Å². The van der Waals surface area contributed by atoms with E-state index in [0.29, 0.717) is 87.7 Å². The fourth-order valence-corrected chi connectivity index (χ4v) is 8.40. The number of piperidine rings is 2. The Morgan fingerprint density at radius 2 is 0.970 bits per heavy atom. The molecule has 0 bridgehead atoms. The minimum atomic E-state index is -0.916. The molecule has 0 spiro atoms. The van der Waals surface area contributed by atoms with Crippen LogP contribution < -0.4 is 36.4 Å². The van der Waals surface area contributed by atoms with Gasteiger partial charge < -0.3 is 35.1 Å². The van der Waals surface area contributed by atoms with E-state index in [0.717, 1.165) is 11.1 Å². The van der Waals surface area contributed by atoms with Gasteiger partial charge in [0.2, 0.25) is 11.8 Å². The van der Waals surface area contributed by atoms with E-state index in [4.69, 9.17) is 24.6 Å². The van der Waals surface area contributed by atoms with Crippen molar-refractivity contribution in [2.24, 2.45) is 0 Å². The minimum absolute atomic E-state index is 0.0357. The highest BCUT2D eigenvalue weighted by molar-refractivity contribution is 5.96. The third-order valence-electron chi connectivity index (χ3n) is 11.5. The predicted molar refractivity (Wildman–Crippen MR) is 252 cm³/mol. The van der Waals surface area contributed by atoms with Crippen LogP contribution in [0.3, 0.4) is 0 Å². The monoisotopic (exact) mass is 922 g/mol. The number of amides is 5. The van der Waals surface area contributed by atoms with Gasteiger partial charge in [0, 0.05) is 24.2 Å². The van der Waals surface area contributed by atoms with Crippen molar-refractivity contribution in [3.63, 3.8) is 0 Å². The third kappa shape index (κ3) is 16.1. The maximum Gasteiger partial charge on any atom is 0.410 e. The van der Waals surface area contributed by atoms with Crippen LogP contribution in [-0.2, 0) is 27.5 Å². The number of hydroxylamine groups is 2. The number of likely N-dealkylation sites (tertiary alicyclic amines) is 1. The normalized spacial score (nSPS) is 15.1. The Kier molecular flexibility index (Phi) is 17.9. The number of aryl methyl sites for hydroxylation is 4. The van der Waals surface area contributed by atoms with Crippen LogP contribution in [0.25, 0.3) is 0 Å². The lowest BCUT2D eigenvalue weighted by molar-refractivity contribution is -0.131. The first kappa shape index (κ1) is 51.5. The highest BCUT2D eigenvalue weighted by Gasteiger charge is 2.40. The summed E-state index contributed by atoms with van der Waals surface area (Å²) in [6, 6.07) is 26.3. The Bertz CT molecular complexity index is 2290. The second-order valence-electron chi connectivity index (χ2n) is 18.7. The van der Waals surface area contributed by atoms with Crippen molar-refractivity contribution >= 4 is 29.7 Å². The van der Waals surface area contributed by atoms with Crippen molar-refractivity contribution in [2.75, 3.05) is 26.2 Å². The smallest absolute Gasteiger partial charge is 0.410 e. The van der Waals surface area contributed by atoms with Gasteiger partial charge in [-0.15, -0.1) is 0 Å². The van der Waals surface area contributed by atoms with E-state index in [1.807, 2.05) is 13.8 Å². The molecule has 5 amide bonds. The molecule has 16 nitrogen and oxygen atoms in total. The molecular weight excluding hydrogens is 857 g/mol. The Balaban J connectivity index is 0.000000256. The van der Waals surface area contributed by atoms with Gasteiger partial charge in [0.15, 0.2) is 0 Å². The average Bonchev–Trinajstić information content (AvgIpc) is 3.27. The summed E-state index contributed by atoms with van der Waals surface area (Å²) in [4.78, 5) is 63.7. The highest BCUT2D eigenvalue weighted by Crippen LogP contribution is 2.29. The van der Waals surface area contributed by atoms with Gasteiger partial charge in [0.05, 0.1) is 23.9 Å². The van der Waals surface area contributed by atoms with Crippen molar-refractivity contribution in [1.29, 1.82) is 0 Å². The predicted octanol–water partition coefficient (Wildman–Crippen LogP) is 6.91. The van der Waals surface area contributed by atoms with Gasteiger partial charge in [-0.3, -0.25) is 29.6 Å². The van der Waals surface area contributed by atoms with Crippen LogP contribution in [-0.4, -0.2) is 87.9 Å². The van der Waals surface area contributed by atoms with E-state index in [1.165, 1.54) is 22.3 Å². The Morgan fingerprint density at radius 3 is 1.33 bits per heavy atom. The molecule has 4 aromatic carbocycles. The standard InChI is InChI=1S/C28H37N3O6.C23H29N3O4/c1-19-14-20(2)16-21(15-19)18-36-23-8-6-22(7-9-23)25(33)29-28(17-24(32)30-35)10-12-31(13-11-28)26(34)37-27(3,4)5;1-16-11-17(2)13-18(12-16)15-30-20-5-3-19(4-6-20)22(28)25-23(14-21(27)26-29)7-9-24-10-8-23/h6-9,14-16,35H,10-13,17-18H2,1-5H3,(H,29,33)(H,30,32);3-6,11-13,24,29H,7-10,14-15H2,1-2H3,(H,25,28)(H,26,27). The molecule has 2 fully saturated rings. The Labute approximate surface area is 393 Å². The second kappa shape index (κ2) is 23.3. The van der Waals surface area contributed by atoms with Crippen LogP contribution in [0.1, 0.15) is 113 Å².